The molecule has 9 aromatic heterocycles. The Hall–Kier alpha value is -8.98. The van der Waals surface area contributed by atoms with E-state index in [9.17, 15) is 34.8 Å². The first kappa shape index (κ1) is 77.6. The number of aliphatic hydroxyl groups excluding tert-OH is 3. The Balaban J connectivity index is 0.000000151. The molecule has 3 atom stereocenters. The molecule has 0 aromatic carbocycles. The van der Waals surface area contributed by atoms with E-state index in [2.05, 4.69) is 64.4 Å². The van der Waals surface area contributed by atoms with Gasteiger partial charge in [-0.1, -0.05) is 0 Å². The highest BCUT2D eigenvalue weighted by Crippen LogP contribution is 2.42. The number of rotatable bonds is 24. The molecule has 578 valence electrons. The van der Waals surface area contributed by atoms with Gasteiger partial charge in [0.1, 0.15) is 11.1 Å². The first-order valence-electron chi connectivity index (χ1n) is 37.8. The van der Waals surface area contributed by atoms with Crippen molar-refractivity contribution in [2.24, 2.45) is 0 Å². The zero-order valence-electron chi connectivity index (χ0n) is 63.9. The monoisotopic (exact) mass is 1480 g/mol. The van der Waals surface area contributed by atoms with Gasteiger partial charge < -0.3 is 65.1 Å². The second-order valence-electron chi connectivity index (χ2n) is 31.2. The average Bonchev–Trinajstić information content (AvgIpc) is 1.62. The van der Waals surface area contributed by atoms with Crippen LogP contribution in [0.15, 0.2) is 74.0 Å². The number of methoxy groups -OCH3 is 3. The summed E-state index contributed by atoms with van der Waals surface area (Å²) in [6.45, 7) is 22.5. The SMILES string of the molecule is COC[C@H](C)Nc1ncc2c(-c3cnn(C(C)(C)C(=O)N4CCC4)c3)cc(C3CCC(O)CC3)n2n1.COC[C@H](C)Nc1ncc2c(-c3cnn(C(C)(C)C(=O)N4CCOCC4)c3)cc(C3CCC(O)CC3)n2n1.COC[C@H](C)Nc1ncc2c(-c3cnn(C(C)(C)C(=O)O)c3)cc(C3CCC(O)CC3)n2n1. The van der Waals surface area contributed by atoms with Crippen molar-refractivity contribution in [2.45, 2.75) is 217 Å². The molecule has 0 bridgehead atoms. The molecule has 2 aliphatic heterocycles. The Bertz CT molecular complexity index is 4500. The topological polar surface area (TPSA) is 356 Å². The number of fused-ring (bicyclic) bond motifs is 3. The summed E-state index contributed by atoms with van der Waals surface area (Å²) in [4.78, 5) is 55.4. The lowest BCUT2D eigenvalue weighted by Gasteiger charge is -2.37. The van der Waals surface area contributed by atoms with Crippen molar-refractivity contribution in [2.75, 3.05) is 96.5 Å². The lowest BCUT2D eigenvalue weighted by molar-refractivity contribution is -0.146. The van der Waals surface area contributed by atoms with Crippen LogP contribution < -0.4 is 16.0 Å². The minimum atomic E-state index is -1.17. The number of aromatic nitrogens is 15. The predicted molar refractivity (Wildman–Crippen MR) is 403 cm³/mol. The summed E-state index contributed by atoms with van der Waals surface area (Å²) in [5.74, 6) is 1.61. The Morgan fingerprint density at radius 3 is 1.05 bits per heavy atom. The van der Waals surface area contributed by atoms with Gasteiger partial charge in [-0.05, 0) is 164 Å². The Morgan fingerprint density at radius 1 is 0.467 bits per heavy atom. The highest BCUT2D eigenvalue weighted by atomic mass is 16.5. The molecule has 5 fully saturated rings. The van der Waals surface area contributed by atoms with E-state index in [-0.39, 0.29) is 60.1 Å². The van der Waals surface area contributed by atoms with Gasteiger partial charge in [0.2, 0.25) is 29.7 Å². The Kier molecular flexibility index (Phi) is 24.1. The quantitative estimate of drug-likeness (QED) is 0.0298. The minimum absolute atomic E-state index is 0.0304. The van der Waals surface area contributed by atoms with E-state index >= 15 is 0 Å². The second kappa shape index (κ2) is 33.2. The number of carboxylic acid groups (broad SMARTS) is 1. The Labute approximate surface area is 623 Å². The number of nitrogens with one attached hydrogen (secondary N) is 3. The van der Waals surface area contributed by atoms with Gasteiger partial charge in [0, 0.05) is 152 Å². The van der Waals surface area contributed by atoms with Crippen LogP contribution in [0.25, 0.3) is 49.9 Å². The van der Waals surface area contributed by atoms with Crippen molar-refractivity contribution in [1.29, 1.82) is 0 Å². The number of hydrogen-bond donors (Lipinski definition) is 7. The van der Waals surface area contributed by atoms with Crippen LogP contribution in [-0.4, -0.2) is 238 Å². The largest absolute Gasteiger partial charge is 0.479 e. The fourth-order valence-electron chi connectivity index (χ4n) is 15.1. The van der Waals surface area contributed by atoms with Crippen molar-refractivity contribution in [3.8, 4) is 33.4 Å². The van der Waals surface area contributed by atoms with Gasteiger partial charge in [-0.2, -0.15) is 15.3 Å². The van der Waals surface area contributed by atoms with Crippen LogP contribution in [0.1, 0.15) is 181 Å². The van der Waals surface area contributed by atoms with Gasteiger partial charge in [-0.3, -0.25) is 23.6 Å². The third-order valence-electron chi connectivity index (χ3n) is 21.8. The van der Waals surface area contributed by atoms with Crippen LogP contribution in [-0.2, 0) is 49.9 Å². The van der Waals surface area contributed by atoms with Gasteiger partial charge in [0.05, 0.1) is 105 Å². The number of carbonyl (C=O) groups excluding carboxylic acids is 2. The fraction of sp³-hybridized carbons (Fsp3) is 0.605. The van der Waals surface area contributed by atoms with Crippen LogP contribution in [0.4, 0.5) is 17.8 Å². The molecule has 5 aliphatic rings. The molecule has 3 saturated carbocycles. The van der Waals surface area contributed by atoms with Crippen molar-refractivity contribution in [3.05, 3.63) is 91.1 Å². The van der Waals surface area contributed by atoms with E-state index in [1.165, 1.54) is 4.68 Å². The lowest BCUT2D eigenvalue weighted by Crippen LogP contribution is -2.52. The van der Waals surface area contributed by atoms with E-state index < -0.39 is 22.6 Å². The van der Waals surface area contributed by atoms with Crippen LogP contribution in [0.3, 0.4) is 0 Å². The summed E-state index contributed by atoms with van der Waals surface area (Å²) in [5.41, 5.74) is 8.62. The standard InChI is InChI=1S/C27H39N7O4.C26H37N7O3.C23H32N6O4/c1-18(17-37-4)30-26-28-15-24-22(13-23(34(24)31-26)19-5-7-21(35)8-6-19)20-14-29-33(16-20)27(2,3)25(36)32-9-11-38-12-10-32;1-17(16-36-4)29-25-27-14-23-21(12-22(33(23)30-25)18-6-8-20(34)9-7-18)19-13-28-32(15-19)26(2,3)24(35)31-10-5-11-31;1-14(13-33-4)26-22-24-11-20-18(16-10-25-28(12-16)23(2,3)21(31)32)9-19(29(20)27-22)15-5-7-17(30)8-6-15/h13-16,18-19,21,35H,5-12,17H2,1-4H3,(H,30,31);12-15,17-18,20,34H,5-11,16H2,1-4H3,(H,29,30);9-12,14-15,17,30H,5-8,13H2,1-4H3,(H,26,27)(H,31,32)/t18-,19?,21?;17-,18?,20?;14-,15?,17?/m000/s1. The molecule has 14 rings (SSSR count). The van der Waals surface area contributed by atoms with E-state index in [4.69, 9.17) is 34.2 Å². The molecular weight excluding hydrogens is 1370 g/mol. The van der Waals surface area contributed by atoms with Crippen LogP contribution in [0, 0.1) is 0 Å². The number of morpholine rings is 1. The summed E-state index contributed by atoms with van der Waals surface area (Å²) >= 11 is 0. The highest BCUT2D eigenvalue weighted by Gasteiger charge is 2.39. The third kappa shape index (κ3) is 17.1. The maximum Gasteiger partial charge on any atom is 0.331 e. The second-order valence-corrected chi connectivity index (χ2v) is 31.2. The number of carboxylic acids is 1. The summed E-state index contributed by atoms with van der Waals surface area (Å²) in [6.07, 6.45) is 26.8. The van der Waals surface area contributed by atoms with Crippen LogP contribution >= 0.6 is 0 Å². The summed E-state index contributed by atoms with van der Waals surface area (Å²) in [5, 5.41) is 77.6. The molecule has 7 N–H and O–H groups in total. The van der Waals surface area contributed by atoms with Crippen LogP contribution in [0.2, 0.25) is 0 Å². The van der Waals surface area contributed by atoms with Crippen molar-refractivity contribution in [1.82, 2.24) is 82.9 Å². The molecule has 0 unspecified atom stereocenters. The van der Waals surface area contributed by atoms with Crippen molar-refractivity contribution >= 4 is 52.2 Å². The lowest BCUT2D eigenvalue weighted by atomic mass is 9.85. The number of anilines is 3. The molecule has 107 heavy (non-hydrogen) atoms. The van der Waals surface area contributed by atoms with E-state index in [1.54, 1.807) is 63.1 Å². The number of nitrogens with zero attached hydrogens (tertiary/aromatic N) is 17. The number of hydrogen-bond acceptors (Lipinski definition) is 22. The summed E-state index contributed by atoms with van der Waals surface area (Å²) < 4.78 is 32.0. The first-order valence-corrected chi connectivity index (χ1v) is 37.8. The molecule has 2 amide bonds. The molecule has 0 radical (unpaired) electrons. The Morgan fingerprint density at radius 2 is 0.766 bits per heavy atom. The first-order chi connectivity index (χ1) is 51.2. The van der Waals surface area contributed by atoms with Gasteiger partial charge in [-0.25, -0.2) is 33.3 Å². The van der Waals surface area contributed by atoms with Gasteiger partial charge in [0.25, 0.3) is 0 Å². The molecular formula is C76H108N20O11. The molecule has 0 spiro atoms. The van der Waals surface area contributed by atoms with Crippen LogP contribution in [0.5, 0.6) is 0 Å². The molecule has 31 heteroatoms. The number of ether oxygens (including phenoxy) is 4. The van der Waals surface area contributed by atoms with E-state index in [1.807, 2.05) is 109 Å². The average molecular weight is 1480 g/mol. The molecule has 2 saturated heterocycles. The smallest absolute Gasteiger partial charge is 0.331 e. The maximum atomic E-state index is 13.3. The zero-order chi connectivity index (χ0) is 76.1. The van der Waals surface area contributed by atoms with E-state index in [0.717, 1.165) is 164 Å². The molecule has 11 heterocycles. The normalized spacial score (nSPS) is 21.1. The predicted octanol–water partition coefficient (Wildman–Crippen LogP) is 8.56. The molecule has 31 nitrogen and oxygen atoms in total. The van der Waals surface area contributed by atoms with Gasteiger partial charge in [0.15, 0.2) is 5.54 Å². The minimum Gasteiger partial charge on any atom is -0.479 e. The molecule has 3 aliphatic carbocycles. The summed E-state index contributed by atoms with van der Waals surface area (Å²) in [7, 11) is 5.00. The maximum absolute atomic E-state index is 13.3. The number of carbonyl (C=O) groups is 3. The number of aliphatic hydroxyl groups is 3. The number of amides is 2. The number of likely N-dealkylation sites (tertiary alicyclic amines) is 1. The third-order valence-corrected chi connectivity index (χ3v) is 21.8. The zero-order valence-corrected chi connectivity index (χ0v) is 63.9. The summed E-state index contributed by atoms with van der Waals surface area (Å²) in [6, 6.07) is 6.63. The number of aliphatic carboxylic acids is 1. The molecule has 9 aromatic rings. The highest BCUT2D eigenvalue weighted by molar-refractivity contribution is 5.87. The van der Waals surface area contributed by atoms with Gasteiger partial charge >= 0.3 is 5.97 Å². The van der Waals surface area contributed by atoms with E-state index in [0.29, 0.717) is 69.9 Å². The van der Waals surface area contributed by atoms with Crippen molar-refractivity contribution in [3.63, 3.8) is 0 Å². The van der Waals surface area contributed by atoms with Crippen molar-refractivity contribution < 1.29 is 53.8 Å². The van der Waals surface area contributed by atoms with Gasteiger partial charge in [-0.15, -0.1) is 15.3 Å². The fourth-order valence-corrected chi connectivity index (χ4v) is 15.1.